The van der Waals surface area contributed by atoms with Gasteiger partial charge in [-0.2, -0.15) is 0 Å². The van der Waals surface area contributed by atoms with Gasteiger partial charge < -0.3 is 27.4 Å². The van der Waals surface area contributed by atoms with Crippen molar-refractivity contribution in [1.82, 2.24) is 0 Å². The first kappa shape index (κ1) is 1630. The van der Waals surface area contributed by atoms with Crippen molar-refractivity contribution < 1.29 is 44.7 Å². The molecule has 0 aliphatic rings. The zero-order valence-electron chi connectivity index (χ0n) is 2.91. The van der Waals surface area contributed by atoms with E-state index in [4.69, 9.17) is 0 Å². The molecule has 0 atom stereocenters. The van der Waals surface area contributed by atoms with Crippen molar-refractivity contribution >= 4 is 0 Å². The maximum atomic E-state index is 0. The second-order valence-corrected chi connectivity index (χ2v) is 0. The van der Waals surface area contributed by atoms with Crippen LogP contribution in [0, 0.1) is 0 Å². The molecule has 0 radical (unpaired) electrons. The van der Waals surface area contributed by atoms with Gasteiger partial charge in [-0.1, -0.05) is 0 Å². The molecule has 46 valence electrons. The van der Waals surface area contributed by atoms with Gasteiger partial charge >= 0.3 is 0 Å². The molecule has 6 heteroatoms. The first-order valence-electron chi connectivity index (χ1n) is 0. The molecule has 0 rings (SSSR count). The van der Waals surface area contributed by atoms with Crippen LogP contribution < -0.4 is 0 Å². The summed E-state index contributed by atoms with van der Waals surface area (Å²) in [5.74, 6) is 0. The molecule has 6 heavy (non-hydrogen) atoms. The minimum Gasteiger partial charge on any atom is -0.412 e. The smallest absolute Gasteiger partial charge is 0 e. The van der Waals surface area contributed by atoms with Crippen LogP contribution in [0.4, 0.5) is 0 Å². The first-order valence-corrected chi connectivity index (χ1v) is 0. The van der Waals surface area contributed by atoms with E-state index in [0.717, 1.165) is 0 Å². The van der Waals surface area contributed by atoms with E-state index in [9.17, 15) is 0 Å². The largest absolute Gasteiger partial charge is 0.412 e. The molecule has 0 aliphatic carbocycles. The van der Waals surface area contributed by atoms with E-state index in [0.29, 0.717) is 0 Å². The Hall–Kier alpha value is 0.332. The molecule has 10 N–H and O–H groups in total. The van der Waals surface area contributed by atoms with E-state index in [-0.39, 0.29) is 44.7 Å². The average Bonchev–Trinajstić information content (AvgIpc) is 0. The molecule has 0 unspecified atom stereocenters. The summed E-state index contributed by atoms with van der Waals surface area (Å²) in [6, 6.07) is 0. The summed E-state index contributed by atoms with van der Waals surface area (Å²) in [6.07, 6.45) is 0. The second-order valence-electron chi connectivity index (χ2n) is 0. The molecule has 0 heterocycles. The molecule has 0 aromatic carbocycles. The molecule has 0 aromatic heterocycles. The van der Waals surface area contributed by atoms with Gasteiger partial charge in [0.2, 0.25) is 0 Å². The molecule has 0 fully saturated rings. The van der Waals surface area contributed by atoms with Crippen LogP contribution in [0.2, 0.25) is 0 Å². The van der Waals surface area contributed by atoms with Crippen LogP contribution in [-0.2, 0) is 17.4 Å². The van der Waals surface area contributed by atoms with Crippen molar-refractivity contribution in [2.45, 2.75) is 0 Å². The van der Waals surface area contributed by atoms with Crippen LogP contribution in [0.1, 0.15) is 0 Å². The van der Waals surface area contributed by atoms with E-state index < -0.39 is 0 Å². The summed E-state index contributed by atoms with van der Waals surface area (Å²) >= 11 is 0. The minimum absolute atomic E-state index is 0. The van der Waals surface area contributed by atoms with Crippen LogP contribution in [0.3, 0.4) is 0 Å². The zero-order valence-corrected chi connectivity index (χ0v) is 4.18. The molecule has 0 spiro atoms. The van der Waals surface area contributed by atoms with Crippen molar-refractivity contribution in [3.05, 3.63) is 0 Å². The van der Waals surface area contributed by atoms with Crippen molar-refractivity contribution in [3.63, 3.8) is 0 Å². The second kappa shape index (κ2) is 906. The predicted molar refractivity (Wildman–Crippen MR) is 18.1 cm³/mol. The molecule has 0 saturated carbocycles. The van der Waals surface area contributed by atoms with Crippen LogP contribution in [0.5, 0.6) is 0 Å². The van der Waals surface area contributed by atoms with Gasteiger partial charge in [0.15, 0.2) is 0 Å². The van der Waals surface area contributed by atoms with Crippen LogP contribution in [0.25, 0.3) is 0 Å². The minimum atomic E-state index is 0. The van der Waals surface area contributed by atoms with Gasteiger partial charge in [0.05, 0.1) is 0 Å². The fraction of sp³-hybridized carbons (Fsp3) is 0. The van der Waals surface area contributed by atoms with E-state index in [1.165, 1.54) is 0 Å². The van der Waals surface area contributed by atoms with Crippen molar-refractivity contribution in [3.8, 4) is 0 Å². The molecular weight excluding hydrogens is 132 g/mol. The third kappa shape index (κ3) is 435. The van der Waals surface area contributed by atoms with Crippen molar-refractivity contribution in [2.24, 2.45) is 0 Å². The molecule has 0 aromatic rings. The fourth-order valence-corrected chi connectivity index (χ4v) is 0. The fourth-order valence-electron chi connectivity index (χ4n) is 0. The van der Waals surface area contributed by atoms with E-state index in [1.54, 1.807) is 0 Å². The summed E-state index contributed by atoms with van der Waals surface area (Å²) in [6.45, 7) is 0. The van der Waals surface area contributed by atoms with E-state index in [2.05, 4.69) is 0 Å². The molecule has 0 bridgehead atoms. The number of hydrogen-bond donors (Lipinski definition) is 0. The summed E-state index contributed by atoms with van der Waals surface area (Å²) < 4.78 is 0. The Kier molecular flexibility index (Phi) is 246000. The Morgan fingerprint density at radius 3 is 0.333 bits per heavy atom. The predicted octanol–water partition coefficient (Wildman–Crippen LogP) is -4.13. The van der Waals surface area contributed by atoms with Gasteiger partial charge in [-0.25, -0.2) is 0 Å². The summed E-state index contributed by atoms with van der Waals surface area (Å²) in [5, 5.41) is 0. The topological polar surface area (TPSA) is 158 Å². The first-order chi connectivity index (χ1) is 0. The monoisotopic (exact) mass is 142 g/mol. The maximum absolute atomic E-state index is 0. The van der Waals surface area contributed by atoms with Crippen LogP contribution in [0.15, 0.2) is 0 Å². The Labute approximate surface area is 45.6 Å². The van der Waals surface area contributed by atoms with Gasteiger partial charge in [0.1, 0.15) is 0 Å². The van der Waals surface area contributed by atoms with Gasteiger partial charge in [-0.15, -0.1) is 0 Å². The summed E-state index contributed by atoms with van der Waals surface area (Å²) in [4.78, 5) is 0. The van der Waals surface area contributed by atoms with E-state index >= 15 is 0 Å². The quantitative estimate of drug-likeness (QED) is 0.321. The maximum Gasteiger partial charge on any atom is 0 e. The molecule has 5 nitrogen and oxygen atoms in total. The third-order valence-electron chi connectivity index (χ3n) is 0. The molecule has 0 saturated heterocycles. The molecule has 0 aliphatic heterocycles. The normalized spacial score (nSPS) is 0. The molecular formula is H10CrO5. The van der Waals surface area contributed by atoms with Crippen molar-refractivity contribution in [2.75, 3.05) is 0 Å². The standard InChI is InChI=1S/Cr.5H2O/h;5*1H2. The average molecular weight is 142 g/mol. The number of rotatable bonds is 0. The van der Waals surface area contributed by atoms with E-state index in [1.807, 2.05) is 0 Å². The zero-order chi connectivity index (χ0) is 0. The van der Waals surface area contributed by atoms with Crippen LogP contribution >= 0.6 is 0 Å². The van der Waals surface area contributed by atoms with Gasteiger partial charge in [-0.05, 0) is 0 Å². The van der Waals surface area contributed by atoms with Gasteiger partial charge in [0.25, 0.3) is 0 Å². The van der Waals surface area contributed by atoms with Gasteiger partial charge in [-0.3, -0.25) is 0 Å². The summed E-state index contributed by atoms with van der Waals surface area (Å²) in [5.41, 5.74) is 0. The van der Waals surface area contributed by atoms with Crippen molar-refractivity contribution in [1.29, 1.82) is 0 Å². The Balaban J connectivity index is 0. The summed E-state index contributed by atoms with van der Waals surface area (Å²) in [7, 11) is 0. The Morgan fingerprint density at radius 1 is 0.333 bits per heavy atom. The Morgan fingerprint density at radius 2 is 0.333 bits per heavy atom. The third-order valence-corrected chi connectivity index (χ3v) is 0. The van der Waals surface area contributed by atoms with Crippen LogP contribution in [-0.4, -0.2) is 27.4 Å². The molecule has 0 amide bonds. The Bertz CT molecular complexity index is 3.90. The SMILES string of the molecule is O.O.O.O.O.[Cr]. The number of hydrogen-bond acceptors (Lipinski definition) is 0. The van der Waals surface area contributed by atoms with Gasteiger partial charge in [0, 0.05) is 17.4 Å².